The standard InChI is InChI=1S/C14H14N2O5/c1-19-11-4-3-10(15-7-11)8-21-13-12(20-2)5-9(6-16-13)14(17)18/h3-7H,8H2,1-2H3,(H,17,18). The predicted molar refractivity (Wildman–Crippen MR) is 72.9 cm³/mol. The van der Waals surface area contributed by atoms with Gasteiger partial charge in [0.15, 0.2) is 5.75 Å². The molecule has 0 bridgehead atoms. The molecular formula is C14H14N2O5. The lowest BCUT2D eigenvalue weighted by Crippen LogP contribution is -2.04. The molecule has 21 heavy (non-hydrogen) atoms. The van der Waals surface area contributed by atoms with Gasteiger partial charge in [-0.1, -0.05) is 0 Å². The molecule has 2 aromatic rings. The molecule has 0 spiro atoms. The van der Waals surface area contributed by atoms with E-state index in [0.29, 0.717) is 11.4 Å². The first-order chi connectivity index (χ1) is 10.1. The molecule has 0 aliphatic rings. The molecule has 0 radical (unpaired) electrons. The van der Waals surface area contributed by atoms with Crippen LogP contribution in [0.1, 0.15) is 16.1 Å². The molecule has 7 heteroatoms. The average Bonchev–Trinajstić information content (AvgIpc) is 2.53. The summed E-state index contributed by atoms with van der Waals surface area (Å²) in [5.74, 6) is 0.0352. The number of rotatable bonds is 6. The van der Waals surface area contributed by atoms with Crippen molar-refractivity contribution < 1.29 is 24.1 Å². The lowest BCUT2D eigenvalue weighted by Gasteiger charge is -2.10. The van der Waals surface area contributed by atoms with Gasteiger partial charge in [-0.05, 0) is 12.1 Å². The number of hydrogen-bond donors (Lipinski definition) is 1. The zero-order chi connectivity index (χ0) is 15.2. The van der Waals surface area contributed by atoms with Gasteiger partial charge in [-0.2, -0.15) is 0 Å². The summed E-state index contributed by atoms with van der Waals surface area (Å²) in [6, 6.07) is 4.88. The number of nitrogens with zero attached hydrogens (tertiary/aromatic N) is 2. The highest BCUT2D eigenvalue weighted by Crippen LogP contribution is 2.25. The molecule has 1 N–H and O–H groups in total. The molecule has 110 valence electrons. The van der Waals surface area contributed by atoms with Crippen LogP contribution >= 0.6 is 0 Å². The maximum atomic E-state index is 10.9. The van der Waals surface area contributed by atoms with Crippen molar-refractivity contribution in [2.24, 2.45) is 0 Å². The van der Waals surface area contributed by atoms with E-state index in [0.717, 1.165) is 0 Å². The van der Waals surface area contributed by atoms with Crippen molar-refractivity contribution in [1.29, 1.82) is 0 Å². The second-order valence-electron chi connectivity index (χ2n) is 4.01. The Morgan fingerprint density at radius 1 is 1.19 bits per heavy atom. The monoisotopic (exact) mass is 290 g/mol. The predicted octanol–water partition coefficient (Wildman–Crippen LogP) is 1.77. The van der Waals surface area contributed by atoms with Crippen molar-refractivity contribution in [3.8, 4) is 17.4 Å². The van der Waals surface area contributed by atoms with E-state index >= 15 is 0 Å². The van der Waals surface area contributed by atoms with Gasteiger partial charge in [0.05, 0.1) is 31.7 Å². The number of pyridine rings is 2. The first kappa shape index (κ1) is 14.6. The fraction of sp³-hybridized carbons (Fsp3) is 0.214. The molecule has 0 amide bonds. The topological polar surface area (TPSA) is 90.8 Å². The van der Waals surface area contributed by atoms with E-state index in [4.69, 9.17) is 19.3 Å². The lowest BCUT2D eigenvalue weighted by molar-refractivity contribution is 0.0695. The Kier molecular flexibility index (Phi) is 4.55. The van der Waals surface area contributed by atoms with Crippen LogP contribution in [0, 0.1) is 0 Å². The molecule has 0 saturated carbocycles. The Balaban J connectivity index is 2.09. The summed E-state index contributed by atoms with van der Waals surface area (Å²) in [5.41, 5.74) is 0.712. The van der Waals surface area contributed by atoms with Crippen molar-refractivity contribution in [2.75, 3.05) is 14.2 Å². The number of methoxy groups -OCH3 is 2. The summed E-state index contributed by atoms with van der Waals surface area (Å²) in [6.45, 7) is 0.180. The van der Waals surface area contributed by atoms with Crippen LogP contribution in [0.5, 0.6) is 17.4 Å². The molecule has 0 unspecified atom stereocenters. The smallest absolute Gasteiger partial charge is 0.337 e. The second-order valence-corrected chi connectivity index (χ2v) is 4.01. The van der Waals surface area contributed by atoms with E-state index in [9.17, 15) is 4.79 Å². The Labute approximate surface area is 121 Å². The van der Waals surface area contributed by atoms with Gasteiger partial charge >= 0.3 is 5.97 Å². The third kappa shape index (κ3) is 3.59. The molecule has 2 heterocycles. The number of carboxylic acid groups (broad SMARTS) is 1. The largest absolute Gasteiger partial charge is 0.495 e. The molecule has 0 aliphatic heterocycles. The van der Waals surface area contributed by atoms with Crippen molar-refractivity contribution in [3.63, 3.8) is 0 Å². The van der Waals surface area contributed by atoms with Crippen molar-refractivity contribution in [3.05, 3.63) is 41.9 Å². The van der Waals surface area contributed by atoms with Crippen LogP contribution in [0.25, 0.3) is 0 Å². The number of aromatic nitrogens is 2. The van der Waals surface area contributed by atoms with Gasteiger partial charge in [-0.25, -0.2) is 9.78 Å². The van der Waals surface area contributed by atoms with Gasteiger partial charge in [-0.3, -0.25) is 4.98 Å². The summed E-state index contributed by atoms with van der Waals surface area (Å²) >= 11 is 0. The summed E-state index contributed by atoms with van der Waals surface area (Å²) in [6.07, 6.45) is 2.79. The van der Waals surface area contributed by atoms with Crippen LogP contribution in [0.15, 0.2) is 30.6 Å². The molecule has 0 atom stereocenters. The van der Waals surface area contributed by atoms with Crippen LogP contribution in [0.3, 0.4) is 0 Å². The Hall–Kier alpha value is -2.83. The van der Waals surface area contributed by atoms with Crippen molar-refractivity contribution in [1.82, 2.24) is 9.97 Å². The Morgan fingerprint density at radius 2 is 2.00 bits per heavy atom. The fourth-order valence-electron chi connectivity index (χ4n) is 1.56. The van der Waals surface area contributed by atoms with Gasteiger partial charge in [0, 0.05) is 12.3 Å². The number of aromatic carboxylic acids is 1. The molecule has 0 saturated heterocycles. The van der Waals surface area contributed by atoms with E-state index < -0.39 is 5.97 Å². The molecule has 2 rings (SSSR count). The van der Waals surface area contributed by atoms with E-state index in [-0.39, 0.29) is 23.8 Å². The molecule has 0 fully saturated rings. The summed E-state index contributed by atoms with van der Waals surface area (Å²) in [4.78, 5) is 19.0. The maximum absolute atomic E-state index is 10.9. The minimum atomic E-state index is -1.08. The average molecular weight is 290 g/mol. The van der Waals surface area contributed by atoms with Gasteiger partial charge in [-0.15, -0.1) is 0 Å². The molecule has 0 aliphatic carbocycles. The van der Waals surface area contributed by atoms with Crippen molar-refractivity contribution >= 4 is 5.97 Å². The summed E-state index contributed by atoms with van der Waals surface area (Å²) in [7, 11) is 2.98. The number of ether oxygens (including phenoxy) is 3. The quantitative estimate of drug-likeness (QED) is 0.866. The first-order valence-corrected chi connectivity index (χ1v) is 6.03. The second kappa shape index (κ2) is 6.56. The van der Waals surface area contributed by atoms with Gasteiger partial charge in [0.2, 0.25) is 0 Å². The third-order valence-electron chi connectivity index (χ3n) is 2.68. The van der Waals surface area contributed by atoms with Crippen LogP contribution in [-0.2, 0) is 6.61 Å². The third-order valence-corrected chi connectivity index (χ3v) is 2.68. The van der Waals surface area contributed by atoms with Gasteiger partial charge < -0.3 is 19.3 Å². The van der Waals surface area contributed by atoms with Crippen LogP contribution < -0.4 is 14.2 Å². The minimum absolute atomic E-state index is 0.0294. The Morgan fingerprint density at radius 3 is 2.57 bits per heavy atom. The zero-order valence-corrected chi connectivity index (χ0v) is 11.6. The molecule has 2 aromatic heterocycles. The number of carboxylic acids is 1. The van der Waals surface area contributed by atoms with Crippen LogP contribution in [0.2, 0.25) is 0 Å². The highest BCUT2D eigenvalue weighted by atomic mass is 16.5. The van der Waals surface area contributed by atoms with Gasteiger partial charge in [0.25, 0.3) is 5.88 Å². The minimum Gasteiger partial charge on any atom is -0.495 e. The molecular weight excluding hydrogens is 276 g/mol. The van der Waals surface area contributed by atoms with Crippen molar-refractivity contribution in [2.45, 2.75) is 6.61 Å². The van der Waals surface area contributed by atoms with Gasteiger partial charge in [0.1, 0.15) is 12.4 Å². The lowest BCUT2D eigenvalue weighted by atomic mass is 10.3. The van der Waals surface area contributed by atoms with Crippen LogP contribution in [-0.4, -0.2) is 35.3 Å². The zero-order valence-electron chi connectivity index (χ0n) is 11.6. The summed E-state index contributed by atoms with van der Waals surface area (Å²) < 4.78 is 15.6. The fourth-order valence-corrected chi connectivity index (χ4v) is 1.56. The highest BCUT2D eigenvalue weighted by molar-refractivity contribution is 5.87. The molecule has 7 nitrogen and oxygen atoms in total. The normalized spacial score (nSPS) is 10.0. The highest BCUT2D eigenvalue weighted by Gasteiger charge is 2.12. The first-order valence-electron chi connectivity index (χ1n) is 6.03. The Bertz CT molecular complexity index is 628. The van der Waals surface area contributed by atoms with E-state index in [2.05, 4.69) is 9.97 Å². The van der Waals surface area contributed by atoms with E-state index in [1.807, 2.05) is 0 Å². The molecule has 0 aromatic carbocycles. The van der Waals surface area contributed by atoms with E-state index in [1.165, 1.54) is 19.4 Å². The maximum Gasteiger partial charge on any atom is 0.337 e. The SMILES string of the molecule is COc1ccc(COc2ncc(C(=O)O)cc2OC)nc1. The summed E-state index contributed by atoms with van der Waals surface area (Å²) in [5, 5.41) is 8.89. The van der Waals surface area contributed by atoms with E-state index in [1.54, 1.807) is 25.4 Å². The number of hydrogen-bond acceptors (Lipinski definition) is 6. The number of carbonyl (C=O) groups is 1. The van der Waals surface area contributed by atoms with Crippen LogP contribution in [0.4, 0.5) is 0 Å².